The maximum atomic E-state index is 11.6. The molecule has 15 heavy (non-hydrogen) atoms. The first-order valence-corrected chi connectivity index (χ1v) is 5.83. The fourth-order valence-corrected chi connectivity index (χ4v) is 2.18. The summed E-state index contributed by atoms with van der Waals surface area (Å²) >= 11 is 0. The zero-order valence-electron chi connectivity index (χ0n) is 9.74. The summed E-state index contributed by atoms with van der Waals surface area (Å²) in [5, 5.41) is 0. The number of hydrogen-bond acceptors (Lipinski definition) is 4. The maximum Gasteiger partial charge on any atom is 0.323 e. The number of rotatable bonds is 4. The van der Waals surface area contributed by atoms with Gasteiger partial charge in [-0.05, 0) is 33.2 Å². The van der Waals surface area contributed by atoms with Crippen LogP contribution in [0.4, 0.5) is 0 Å². The third-order valence-corrected chi connectivity index (χ3v) is 3.07. The third-order valence-electron chi connectivity index (χ3n) is 3.07. The summed E-state index contributed by atoms with van der Waals surface area (Å²) in [6.07, 6.45) is 3.47. The molecule has 0 spiro atoms. The molecule has 1 rings (SSSR count). The highest BCUT2D eigenvalue weighted by Gasteiger charge is 2.29. The molecule has 1 aliphatic heterocycles. The van der Waals surface area contributed by atoms with Crippen LogP contribution in [0.1, 0.15) is 33.1 Å². The third kappa shape index (κ3) is 3.18. The van der Waals surface area contributed by atoms with Gasteiger partial charge in [0.05, 0.1) is 6.61 Å². The van der Waals surface area contributed by atoms with E-state index < -0.39 is 0 Å². The summed E-state index contributed by atoms with van der Waals surface area (Å²) in [7, 11) is 0. The quantitative estimate of drug-likeness (QED) is 0.702. The predicted molar refractivity (Wildman–Crippen MR) is 59.5 cm³/mol. The summed E-state index contributed by atoms with van der Waals surface area (Å²) in [4.78, 5) is 13.8. The summed E-state index contributed by atoms with van der Waals surface area (Å²) in [6.45, 7) is 5.78. The molecule has 1 aliphatic rings. The van der Waals surface area contributed by atoms with Crippen LogP contribution < -0.4 is 5.73 Å². The van der Waals surface area contributed by atoms with E-state index in [2.05, 4.69) is 4.90 Å². The Balaban J connectivity index is 2.54. The molecule has 0 amide bonds. The average Bonchev–Trinajstić information content (AvgIpc) is 2.28. The molecule has 0 aromatic heterocycles. The van der Waals surface area contributed by atoms with Crippen LogP contribution in [-0.4, -0.2) is 42.6 Å². The van der Waals surface area contributed by atoms with E-state index in [9.17, 15) is 4.79 Å². The molecule has 0 aliphatic carbocycles. The number of nitrogens with two attached hydrogens (primary N) is 1. The Morgan fingerprint density at radius 1 is 1.60 bits per heavy atom. The number of likely N-dealkylation sites (tertiary alicyclic amines) is 1. The van der Waals surface area contributed by atoms with Gasteiger partial charge in [-0.2, -0.15) is 0 Å². The first-order chi connectivity index (χ1) is 7.20. The smallest absolute Gasteiger partial charge is 0.323 e. The van der Waals surface area contributed by atoms with Crippen molar-refractivity contribution in [3.8, 4) is 0 Å². The van der Waals surface area contributed by atoms with Gasteiger partial charge < -0.3 is 10.5 Å². The standard InChI is InChI=1S/C11H22N2O2/c1-3-15-11(14)9(2)13-7-5-4-6-10(13)8-12/h9-10H,3-8,12H2,1-2H3. The molecule has 0 aromatic rings. The number of nitrogens with zero attached hydrogens (tertiary/aromatic N) is 1. The number of hydrogen-bond donors (Lipinski definition) is 1. The first-order valence-electron chi connectivity index (χ1n) is 5.83. The second kappa shape index (κ2) is 6.08. The van der Waals surface area contributed by atoms with E-state index in [0.717, 1.165) is 19.4 Å². The van der Waals surface area contributed by atoms with Crippen molar-refractivity contribution in [1.82, 2.24) is 4.90 Å². The molecule has 2 N–H and O–H groups in total. The first kappa shape index (κ1) is 12.5. The number of carbonyl (C=O) groups is 1. The molecule has 1 heterocycles. The van der Waals surface area contributed by atoms with Gasteiger partial charge in [-0.3, -0.25) is 9.69 Å². The van der Waals surface area contributed by atoms with Crippen molar-refractivity contribution >= 4 is 5.97 Å². The van der Waals surface area contributed by atoms with Gasteiger partial charge in [-0.1, -0.05) is 6.42 Å². The fraction of sp³-hybridized carbons (Fsp3) is 0.909. The Hall–Kier alpha value is -0.610. The van der Waals surface area contributed by atoms with Crippen molar-refractivity contribution < 1.29 is 9.53 Å². The molecular weight excluding hydrogens is 192 g/mol. The molecule has 1 fully saturated rings. The van der Waals surface area contributed by atoms with Crippen LogP contribution in [0.15, 0.2) is 0 Å². The predicted octanol–water partition coefficient (Wildman–Crippen LogP) is 0.751. The Kier molecular flexibility index (Phi) is 5.05. The van der Waals surface area contributed by atoms with Crippen molar-refractivity contribution in [1.29, 1.82) is 0 Å². The number of esters is 1. The van der Waals surface area contributed by atoms with Crippen LogP contribution in [0.3, 0.4) is 0 Å². The summed E-state index contributed by atoms with van der Waals surface area (Å²) < 4.78 is 5.03. The molecule has 88 valence electrons. The van der Waals surface area contributed by atoms with Crippen molar-refractivity contribution in [3.63, 3.8) is 0 Å². The van der Waals surface area contributed by atoms with Crippen LogP contribution in [0.25, 0.3) is 0 Å². The van der Waals surface area contributed by atoms with Crippen molar-refractivity contribution in [2.75, 3.05) is 19.7 Å². The number of piperidine rings is 1. The molecule has 2 unspecified atom stereocenters. The molecule has 4 nitrogen and oxygen atoms in total. The molecule has 1 saturated heterocycles. The van der Waals surface area contributed by atoms with Crippen LogP contribution in [-0.2, 0) is 9.53 Å². The highest BCUT2D eigenvalue weighted by molar-refractivity contribution is 5.75. The second-order valence-electron chi connectivity index (χ2n) is 4.05. The molecule has 0 bridgehead atoms. The monoisotopic (exact) mass is 214 g/mol. The highest BCUT2D eigenvalue weighted by atomic mass is 16.5. The lowest BCUT2D eigenvalue weighted by Gasteiger charge is -2.38. The normalized spacial score (nSPS) is 24.9. The van der Waals surface area contributed by atoms with Crippen LogP contribution in [0.2, 0.25) is 0 Å². The van der Waals surface area contributed by atoms with E-state index in [4.69, 9.17) is 10.5 Å². The lowest BCUT2D eigenvalue weighted by atomic mass is 10.0. The minimum atomic E-state index is -0.154. The largest absolute Gasteiger partial charge is 0.465 e. The van der Waals surface area contributed by atoms with Gasteiger partial charge in [0, 0.05) is 12.6 Å². The Labute approximate surface area is 91.8 Å². The van der Waals surface area contributed by atoms with E-state index in [0.29, 0.717) is 19.2 Å². The molecular formula is C11H22N2O2. The highest BCUT2D eigenvalue weighted by Crippen LogP contribution is 2.19. The molecule has 2 atom stereocenters. The van der Waals surface area contributed by atoms with E-state index in [1.54, 1.807) is 0 Å². The Morgan fingerprint density at radius 2 is 2.33 bits per heavy atom. The second-order valence-corrected chi connectivity index (χ2v) is 4.05. The SMILES string of the molecule is CCOC(=O)C(C)N1CCCCC1CN. The summed E-state index contributed by atoms with van der Waals surface area (Å²) in [5.74, 6) is -0.127. The maximum absolute atomic E-state index is 11.6. The number of carbonyl (C=O) groups excluding carboxylic acids is 1. The van der Waals surface area contributed by atoms with Crippen LogP contribution in [0.5, 0.6) is 0 Å². The van der Waals surface area contributed by atoms with E-state index >= 15 is 0 Å². The van der Waals surface area contributed by atoms with Gasteiger partial charge in [0.15, 0.2) is 0 Å². The van der Waals surface area contributed by atoms with E-state index in [1.165, 1.54) is 6.42 Å². The van der Waals surface area contributed by atoms with Crippen molar-refractivity contribution in [3.05, 3.63) is 0 Å². The lowest BCUT2D eigenvalue weighted by molar-refractivity contribution is -0.150. The van der Waals surface area contributed by atoms with Gasteiger partial charge in [-0.15, -0.1) is 0 Å². The minimum Gasteiger partial charge on any atom is -0.465 e. The summed E-state index contributed by atoms with van der Waals surface area (Å²) in [5.41, 5.74) is 5.71. The Morgan fingerprint density at radius 3 is 2.93 bits per heavy atom. The molecule has 0 aromatic carbocycles. The molecule has 0 saturated carbocycles. The average molecular weight is 214 g/mol. The van der Waals surface area contributed by atoms with Gasteiger partial charge in [0.25, 0.3) is 0 Å². The van der Waals surface area contributed by atoms with Gasteiger partial charge >= 0.3 is 5.97 Å². The van der Waals surface area contributed by atoms with Crippen LogP contribution in [0, 0.1) is 0 Å². The van der Waals surface area contributed by atoms with Crippen LogP contribution >= 0.6 is 0 Å². The number of ether oxygens (including phenoxy) is 1. The summed E-state index contributed by atoms with van der Waals surface area (Å²) in [6, 6.07) is 0.192. The molecule has 4 heteroatoms. The Bertz CT molecular complexity index is 209. The topological polar surface area (TPSA) is 55.6 Å². The van der Waals surface area contributed by atoms with Gasteiger partial charge in [-0.25, -0.2) is 0 Å². The van der Waals surface area contributed by atoms with Crippen molar-refractivity contribution in [2.45, 2.75) is 45.2 Å². The zero-order valence-corrected chi connectivity index (χ0v) is 9.74. The minimum absolute atomic E-state index is 0.127. The van der Waals surface area contributed by atoms with E-state index in [1.807, 2.05) is 13.8 Å². The lowest BCUT2D eigenvalue weighted by Crippen LogP contribution is -2.51. The fourth-order valence-electron chi connectivity index (χ4n) is 2.18. The molecule has 0 radical (unpaired) electrons. The van der Waals surface area contributed by atoms with Gasteiger partial charge in [0.1, 0.15) is 6.04 Å². The van der Waals surface area contributed by atoms with Crippen molar-refractivity contribution in [2.24, 2.45) is 5.73 Å². The zero-order chi connectivity index (χ0) is 11.3. The van der Waals surface area contributed by atoms with Gasteiger partial charge in [0.2, 0.25) is 0 Å². The van der Waals surface area contributed by atoms with E-state index in [-0.39, 0.29) is 12.0 Å².